The zero-order chi connectivity index (χ0) is 20.5. The summed E-state index contributed by atoms with van der Waals surface area (Å²) in [7, 11) is 0. The Morgan fingerprint density at radius 2 is 1.93 bits per heavy atom. The van der Waals surface area contributed by atoms with Crippen molar-refractivity contribution in [1.82, 2.24) is 15.5 Å². The average molecular weight is 533 g/mol. The summed E-state index contributed by atoms with van der Waals surface area (Å²) in [6.45, 7) is 8.94. The van der Waals surface area contributed by atoms with Crippen LogP contribution in [-0.2, 0) is 11.3 Å². The second-order valence-corrected chi connectivity index (χ2v) is 8.13. The highest BCUT2D eigenvalue weighted by Gasteiger charge is 2.34. The van der Waals surface area contributed by atoms with Gasteiger partial charge in [0.15, 0.2) is 11.7 Å². The second-order valence-electron chi connectivity index (χ2n) is 8.13. The number of carbonyl (C=O) groups excluding carboxylic acids is 1. The summed E-state index contributed by atoms with van der Waals surface area (Å²) >= 11 is 0. The molecule has 2 heterocycles. The molecule has 1 saturated carbocycles. The molecule has 1 aliphatic heterocycles. The maximum atomic E-state index is 11.2. The summed E-state index contributed by atoms with van der Waals surface area (Å²) in [4.78, 5) is 18.4. The van der Waals surface area contributed by atoms with Gasteiger partial charge in [-0.2, -0.15) is 0 Å². The molecule has 3 rings (SSSR count). The van der Waals surface area contributed by atoms with Gasteiger partial charge in [0.2, 0.25) is 0 Å². The van der Waals surface area contributed by atoms with Crippen molar-refractivity contribution in [2.75, 3.05) is 45.9 Å². The molecule has 0 unspecified atom stereocenters. The molecule has 1 amide bonds. The van der Waals surface area contributed by atoms with E-state index >= 15 is 0 Å². The maximum absolute atomic E-state index is 11.2. The maximum Gasteiger partial charge on any atom is 0.284 e. The summed E-state index contributed by atoms with van der Waals surface area (Å²) in [5, 5.41) is 6.88. The lowest BCUT2D eigenvalue weighted by Crippen LogP contribution is -2.51. The zero-order valence-corrected chi connectivity index (χ0v) is 20.3. The van der Waals surface area contributed by atoms with Gasteiger partial charge in [-0.1, -0.05) is 19.3 Å². The van der Waals surface area contributed by atoms with Crippen LogP contribution in [0, 0.1) is 5.41 Å². The standard InChI is InChI=1S/C21H35N5O3.HI/c1-2-23-20(24-14-17-6-7-18(29-17)19(22)27)25-15-21(8-4-3-5-9-21)16-26-10-12-28-13-11-26;/h6-7H,2-5,8-16H2,1H3,(H2,22,27)(H2,23,24,25);1H. The normalized spacial score (nSPS) is 19.7. The fourth-order valence-corrected chi connectivity index (χ4v) is 4.29. The topological polar surface area (TPSA) is 105 Å². The van der Waals surface area contributed by atoms with Crippen molar-refractivity contribution < 1.29 is 13.9 Å². The van der Waals surface area contributed by atoms with Crippen molar-refractivity contribution in [3.05, 3.63) is 23.7 Å². The highest BCUT2D eigenvalue weighted by atomic mass is 127. The van der Waals surface area contributed by atoms with E-state index in [0.717, 1.165) is 51.9 Å². The largest absolute Gasteiger partial charge is 0.454 e. The van der Waals surface area contributed by atoms with Gasteiger partial charge >= 0.3 is 0 Å². The van der Waals surface area contributed by atoms with Gasteiger partial charge in [-0.3, -0.25) is 9.69 Å². The number of aliphatic imine (C=N–C) groups is 1. The average Bonchev–Trinajstić information content (AvgIpc) is 3.21. The molecule has 8 nitrogen and oxygen atoms in total. The molecular formula is C21H36IN5O3. The van der Waals surface area contributed by atoms with Crippen molar-refractivity contribution in [1.29, 1.82) is 0 Å². The third-order valence-corrected chi connectivity index (χ3v) is 5.85. The quantitative estimate of drug-likeness (QED) is 0.269. The SMILES string of the molecule is CCNC(=NCc1ccc(C(N)=O)o1)NCC1(CN2CCOCC2)CCCCC1.I. The number of amides is 1. The Balaban J connectivity index is 0.00000320. The molecule has 0 aromatic carbocycles. The summed E-state index contributed by atoms with van der Waals surface area (Å²) in [6, 6.07) is 3.33. The number of rotatable bonds is 8. The highest BCUT2D eigenvalue weighted by Crippen LogP contribution is 2.36. The van der Waals surface area contributed by atoms with E-state index in [1.807, 2.05) is 0 Å². The molecule has 170 valence electrons. The summed E-state index contributed by atoms with van der Waals surface area (Å²) < 4.78 is 11.0. The molecule has 1 aliphatic carbocycles. The molecular weight excluding hydrogens is 497 g/mol. The number of carbonyl (C=O) groups is 1. The van der Waals surface area contributed by atoms with Crippen LogP contribution in [0.15, 0.2) is 21.5 Å². The summed E-state index contributed by atoms with van der Waals surface area (Å²) in [5.41, 5.74) is 5.52. The van der Waals surface area contributed by atoms with Crippen molar-refractivity contribution >= 4 is 35.8 Å². The number of furan rings is 1. The second kappa shape index (κ2) is 12.5. The minimum absolute atomic E-state index is 0. The number of halogens is 1. The molecule has 1 saturated heterocycles. The van der Waals surface area contributed by atoms with Crippen molar-refractivity contribution in [3.8, 4) is 0 Å². The van der Waals surface area contributed by atoms with E-state index < -0.39 is 5.91 Å². The Kier molecular flexibility index (Phi) is 10.4. The molecule has 30 heavy (non-hydrogen) atoms. The van der Waals surface area contributed by atoms with Crippen LogP contribution < -0.4 is 16.4 Å². The number of hydrogen-bond donors (Lipinski definition) is 3. The van der Waals surface area contributed by atoms with Gasteiger partial charge in [-0.15, -0.1) is 24.0 Å². The van der Waals surface area contributed by atoms with Gasteiger partial charge < -0.3 is 25.5 Å². The molecule has 1 aromatic heterocycles. The Labute approximate surface area is 196 Å². The number of nitrogens with one attached hydrogen (secondary N) is 2. The van der Waals surface area contributed by atoms with Crippen molar-refractivity contribution in [2.45, 2.75) is 45.6 Å². The Hall–Kier alpha value is -1.33. The lowest BCUT2D eigenvalue weighted by molar-refractivity contribution is 0.00820. The number of hydrogen-bond acceptors (Lipinski definition) is 5. The van der Waals surface area contributed by atoms with Crippen LogP contribution in [0.2, 0.25) is 0 Å². The van der Waals surface area contributed by atoms with E-state index in [2.05, 4.69) is 27.4 Å². The minimum atomic E-state index is -0.562. The van der Waals surface area contributed by atoms with Crippen LogP contribution in [-0.4, -0.2) is 62.7 Å². The molecule has 2 aliphatic rings. The molecule has 4 N–H and O–H groups in total. The fourth-order valence-electron chi connectivity index (χ4n) is 4.29. The smallest absolute Gasteiger partial charge is 0.284 e. The van der Waals surface area contributed by atoms with Gasteiger partial charge in [0, 0.05) is 38.1 Å². The van der Waals surface area contributed by atoms with Gasteiger partial charge in [0.1, 0.15) is 12.3 Å². The van der Waals surface area contributed by atoms with Gasteiger partial charge in [-0.05, 0) is 31.9 Å². The van der Waals surface area contributed by atoms with Crippen LogP contribution in [0.1, 0.15) is 55.3 Å². The number of guanidine groups is 1. The monoisotopic (exact) mass is 533 g/mol. The first-order chi connectivity index (χ1) is 14.1. The van der Waals surface area contributed by atoms with Crippen LogP contribution in [0.25, 0.3) is 0 Å². The van der Waals surface area contributed by atoms with Crippen molar-refractivity contribution in [2.24, 2.45) is 16.1 Å². The molecule has 1 aromatic rings. The third kappa shape index (κ3) is 7.42. The molecule has 0 radical (unpaired) electrons. The van der Waals surface area contributed by atoms with Crippen LogP contribution in [0.5, 0.6) is 0 Å². The minimum Gasteiger partial charge on any atom is -0.454 e. The molecule has 9 heteroatoms. The van der Waals surface area contributed by atoms with E-state index in [9.17, 15) is 4.79 Å². The van der Waals surface area contributed by atoms with E-state index in [1.165, 1.54) is 32.1 Å². The van der Waals surface area contributed by atoms with E-state index in [-0.39, 0.29) is 35.2 Å². The van der Waals surface area contributed by atoms with E-state index in [4.69, 9.17) is 14.9 Å². The fraction of sp³-hybridized carbons (Fsp3) is 0.714. The van der Waals surface area contributed by atoms with Gasteiger partial charge in [0.25, 0.3) is 5.91 Å². The first kappa shape index (κ1) is 24.9. The van der Waals surface area contributed by atoms with Crippen LogP contribution >= 0.6 is 24.0 Å². The Morgan fingerprint density at radius 3 is 2.57 bits per heavy atom. The van der Waals surface area contributed by atoms with Crippen molar-refractivity contribution in [3.63, 3.8) is 0 Å². The number of nitrogens with two attached hydrogens (primary N) is 1. The molecule has 0 spiro atoms. The molecule has 0 atom stereocenters. The van der Waals surface area contributed by atoms with Gasteiger partial charge in [-0.25, -0.2) is 4.99 Å². The predicted octanol–water partition coefficient (Wildman–Crippen LogP) is 2.33. The summed E-state index contributed by atoms with van der Waals surface area (Å²) in [6.07, 6.45) is 6.41. The number of nitrogens with zero attached hydrogens (tertiary/aromatic N) is 2. The molecule has 0 bridgehead atoms. The Morgan fingerprint density at radius 1 is 1.20 bits per heavy atom. The zero-order valence-electron chi connectivity index (χ0n) is 18.0. The Bertz CT molecular complexity index is 682. The molecule has 2 fully saturated rings. The lowest BCUT2D eigenvalue weighted by Gasteiger charge is -2.42. The van der Waals surface area contributed by atoms with Crippen LogP contribution in [0.4, 0.5) is 0 Å². The first-order valence-corrected chi connectivity index (χ1v) is 10.8. The number of morpholine rings is 1. The van der Waals surface area contributed by atoms with E-state index in [0.29, 0.717) is 12.3 Å². The van der Waals surface area contributed by atoms with Crippen LogP contribution in [0.3, 0.4) is 0 Å². The highest BCUT2D eigenvalue weighted by molar-refractivity contribution is 14.0. The number of primary amides is 1. The first-order valence-electron chi connectivity index (χ1n) is 10.8. The lowest BCUT2D eigenvalue weighted by atomic mass is 9.73. The van der Waals surface area contributed by atoms with E-state index in [1.54, 1.807) is 12.1 Å². The predicted molar refractivity (Wildman–Crippen MR) is 128 cm³/mol. The summed E-state index contributed by atoms with van der Waals surface area (Å²) in [5.74, 6) is 1.00. The van der Waals surface area contributed by atoms with Gasteiger partial charge in [0.05, 0.1) is 13.2 Å². The third-order valence-electron chi connectivity index (χ3n) is 5.85. The number of ether oxygens (including phenoxy) is 1.